The first-order valence-corrected chi connectivity index (χ1v) is 14.6. The maximum absolute atomic E-state index is 13.9. The number of carbonyl (C=O) groups excluding carboxylic acids is 2. The highest BCUT2D eigenvalue weighted by molar-refractivity contribution is 7.92. The summed E-state index contributed by atoms with van der Waals surface area (Å²) in [5, 5.41) is 2.98. The van der Waals surface area contributed by atoms with E-state index in [4.69, 9.17) is 16.3 Å². The number of nitrogens with one attached hydrogen (secondary N) is 1. The Labute approximate surface area is 239 Å². The van der Waals surface area contributed by atoms with Gasteiger partial charge in [-0.2, -0.15) is 0 Å². The third kappa shape index (κ3) is 7.73. The number of hydrogen-bond donors (Lipinski definition) is 1. The van der Waals surface area contributed by atoms with Crippen LogP contribution in [0.25, 0.3) is 0 Å². The van der Waals surface area contributed by atoms with E-state index in [1.54, 1.807) is 25.1 Å². The Morgan fingerprint density at radius 1 is 1.05 bits per heavy atom. The van der Waals surface area contributed by atoms with Gasteiger partial charge in [0.1, 0.15) is 24.2 Å². The maximum atomic E-state index is 13.9. The van der Waals surface area contributed by atoms with Crippen molar-refractivity contribution in [1.82, 2.24) is 10.2 Å². The molecule has 3 rings (SSSR count). The fourth-order valence-electron chi connectivity index (χ4n) is 3.96. The Kier molecular flexibility index (Phi) is 10.9. The monoisotopic (exact) mass is 589 g/mol. The molecule has 0 aliphatic heterocycles. The van der Waals surface area contributed by atoms with Crippen molar-refractivity contribution in [2.24, 2.45) is 0 Å². The van der Waals surface area contributed by atoms with Gasteiger partial charge in [0.25, 0.3) is 10.0 Å². The minimum atomic E-state index is -4.22. The van der Waals surface area contributed by atoms with Gasteiger partial charge in [-0.15, -0.1) is 0 Å². The third-order valence-corrected chi connectivity index (χ3v) is 8.38. The van der Waals surface area contributed by atoms with Gasteiger partial charge in [0, 0.05) is 13.1 Å². The smallest absolute Gasteiger partial charge is 0.264 e. The summed E-state index contributed by atoms with van der Waals surface area (Å²) in [5.41, 5.74) is 0.720. The Morgan fingerprint density at radius 3 is 2.33 bits per heavy atom. The van der Waals surface area contributed by atoms with Gasteiger partial charge >= 0.3 is 0 Å². The number of carbonyl (C=O) groups is 2. The second kappa shape index (κ2) is 14.1. The van der Waals surface area contributed by atoms with Crippen molar-refractivity contribution in [2.75, 3.05) is 24.5 Å². The molecule has 0 spiro atoms. The molecule has 0 radical (unpaired) electrons. The van der Waals surface area contributed by atoms with Crippen LogP contribution in [0.3, 0.4) is 0 Å². The van der Waals surface area contributed by atoms with Gasteiger partial charge in [0.2, 0.25) is 11.8 Å². The predicted octanol–water partition coefficient (Wildman–Crippen LogP) is 5.02. The number of nitrogens with zero attached hydrogens (tertiary/aromatic N) is 2. The van der Waals surface area contributed by atoms with E-state index in [9.17, 15) is 22.4 Å². The average molecular weight is 590 g/mol. The van der Waals surface area contributed by atoms with E-state index in [0.29, 0.717) is 17.9 Å². The van der Waals surface area contributed by atoms with Crippen molar-refractivity contribution >= 4 is 39.1 Å². The SMILES string of the molecule is CCCCNC(=O)[C@H](C)N(Cc1ccc(F)cc1)C(=O)CN(c1ccc(OC)c(Cl)c1)S(=O)(=O)c1ccccc1. The molecule has 0 heterocycles. The van der Waals surface area contributed by atoms with Gasteiger partial charge < -0.3 is 15.0 Å². The average Bonchev–Trinajstić information content (AvgIpc) is 2.95. The molecule has 214 valence electrons. The van der Waals surface area contributed by atoms with E-state index < -0.39 is 34.3 Å². The van der Waals surface area contributed by atoms with Gasteiger partial charge in [-0.05, 0) is 61.4 Å². The molecule has 0 saturated heterocycles. The lowest BCUT2D eigenvalue weighted by atomic mass is 10.1. The summed E-state index contributed by atoms with van der Waals surface area (Å²) < 4.78 is 47.3. The number of methoxy groups -OCH3 is 1. The second-order valence-corrected chi connectivity index (χ2v) is 11.4. The van der Waals surface area contributed by atoms with E-state index in [1.807, 2.05) is 6.92 Å². The maximum Gasteiger partial charge on any atom is 0.264 e. The molecule has 0 aromatic heterocycles. The number of rotatable bonds is 13. The Balaban J connectivity index is 2.02. The molecule has 1 atom stereocenters. The summed E-state index contributed by atoms with van der Waals surface area (Å²) >= 11 is 6.32. The first-order valence-electron chi connectivity index (χ1n) is 12.8. The lowest BCUT2D eigenvalue weighted by Crippen LogP contribution is -2.51. The predicted molar refractivity (Wildman–Crippen MR) is 153 cm³/mol. The van der Waals surface area contributed by atoms with Crippen LogP contribution in [0.4, 0.5) is 10.1 Å². The Bertz CT molecular complexity index is 1400. The third-order valence-electron chi connectivity index (χ3n) is 6.30. The normalized spacial score (nSPS) is 11.9. The first kappa shape index (κ1) is 30.9. The molecule has 3 aromatic rings. The van der Waals surface area contributed by atoms with Crippen LogP contribution in [-0.4, -0.2) is 51.4 Å². The van der Waals surface area contributed by atoms with Gasteiger partial charge in [-0.1, -0.05) is 55.3 Å². The van der Waals surface area contributed by atoms with Crippen LogP contribution in [0.5, 0.6) is 5.75 Å². The highest BCUT2D eigenvalue weighted by atomic mass is 35.5. The van der Waals surface area contributed by atoms with Crippen molar-refractivity contribution < 1.29 is 27.1 Å². The van der Waals surface area contributed by atoms with Gasteiger partial charge in [0.15, 0.2) is 0 Å². The molecule has 0 bridgehead atoms. The zero-order valence-electron chi connectivity index (χ0n) is 22.6. The molecule has 0 saturated carbocycles. The number of halogens is 2. The zero-order chi connectivity index (χ0) is 29.3. The molecule has 1 N–H and O–H groups in total. The zero-order valence-corrected chi connectivity index (χ0v) is 24.2. The highest BCUT2D eigenvalue weighted by Crippen LogP contribution is 2.32. The van der Waals surface area contributed by atoms with E-state index in [0.717, 1.165) is 17.1 Å². The number of anilines is 1. The molecule has 0 aliphatic rings. The minimum absolute atomic E-state index is 0.0230. The highest BCUT2D eigenvalue weighted by Gasteiger charge is 2.32. The summed E-state index contributed by atoms with van der Waals surface area (Å²) in [5.74, 6) is -1.12. The number of amides is 2. The minimum Gasteiger partial charge on any atom is -0.495 e. The quantitative estimate of drug-likeness (QED) is 0.283. The van der Waals surface area contributed by atoms with Gasteiger partial charge in [-0.3, -0.25) is 13.9 Å². The van der Waals surface area contributed by atoms with Crippen LogP contribution in [-0.2, 0) is 26.2 Å². The molecule has 3 aromatic carbocycles. The summed E-state index contributed by atoms with van der Waals surface area (Å²) in [6.07, 6.45) is 1.65. The molecular formula is C29H33ClFN3O5S. The van der Waals surface area contributed by atoms with Crippen LogP contribution >= 0.6 is 11.6 Å². The fraction of sp³-hybridized carbons (Fsp3) is 0.310. The topological polar surface area (TPSA) is 96.0 Å². The van der Waals surface area contributed by atoms with E-state index >= 15 is 0 Å². The van der Waals surface area contributed by atoms with Crippen molar-refractivity contribution in [3.05, 3.63) is 89.2 Å². The summed E-state index contributed by atoms with van der Waals surface area (Å²) in [4.78, 5) is 28.1. The summed E-state index contributed by atoms with van der Waals surface area (Å²) in [6, 6.07) is 16.7. The van der Waals surface area contributed by atoms with E-state index in [2.05, 4.69) is 5.32 Å². The van der Waals surface area contributed by atoms with Crippen molar-refractivity contribution in [3.63, 3.8) is 0 Å². The lowest BCUT2D eigenvalue weighted by molar-refractivity contribution is -0.139. The second-order valence-electron chi connectivity index (χ2n) is 9.11. The summed E-state index contributed by atoms with van der Waals surface area (Å²) in [7, 11) is -2.79. The number of benzene rings is 3. The van der Waals surface area contributed by atoms with Crippen molar-refractivity contribution in [3.8, 4) is 5.75 Å². The van der Waals surface area contributed by atoms with Crippen LogP contribution in [0.15, 0.2) is 77.7 Å². The number of hydrogen-bond acceptors (Lipinski definition) is 5. The Hall–Kier alpha value is -3.63. The van der Waals surface area contributed by atoms with Crippen molar-refractivity contribution in [1.29, 1.82) is 0 Å². The number of unbranched alkanes of at least 4 members (excludes halogenated alkanes) is 1. The fourth-order valence-corrected chi connectivity index (χ4v) is 5.64. The van der Waals surface area contributed by atoms with Crippen LogP contribution in [0.2, 0.25) is 5.02 Å². The molecule has 40 heavy (non-hydrogen) atoms. The largest absolute Gasteiger partial charge is 0.495 e. The summed E-state index contributed by atoms with van der Waals surface area (Å²) in [6.45, 7) is 3.35. The van der Waals surface area contributed by atoms with Gasteiger partial charge in [-0.25, -0.2) is 12.8 Å². The Morgan fingerprint density at radius 2 is 1.73 bits per heavy atom. The molecule has 11 heteroatoms. The molecule has 0 aliphatic carbocycles. The molecular weight excluding hydrogens is 557 g/mol. The number of ether oxygens (including phenoxy) is 1. The van der Waals surface area contributed by atoms with Crippen LogP contribution < -0.4 is 14.4 Å². The molecule has 2 amide bonds. The van der Waals surface area contributed by atoms with Crippen molar-refractivity contribution in [2.45, 2.75) is 44.2 Å². The molecule has 0 fully saturated rings. The standard InChI is InChI=1S/C29H33ClFN3O5S/c1-4-5-17-32-29(36)21(2)33(19-22-11-13-23(31)14-12-22)28(35)20-34(24-15-16-27(39-3)26(30)18-24)40(37,38)25-9-7-6-8-10-25/h6-16,18,21H,4-5,17,19-20H2,1-3H3,(H,32,36)/t21-/m0/s1. The van der Waals surface area contributed by atoms with Gasteiger partial charge in [0.05, 0.1) is 22.7 Å². The van der Waals surface area contributed by atoms with Crippen LogP contribution in [0, 0.1) is 5.82 Å². The first-order chi connectivity index (χ1) is 19.1. The molecule has 8 nitrogen and oxygen atoms in total. The number of sulfonamides is 1. The molecule has 0 unspecified atom stereocenters. The van der Waals surface area contributed by atoms with E-state index in [-0.39, 0.29) is 28.1 Å². The van der Waals surface area contributed by atoms with Crippen LogP contribution in [0.1, 0.15) is 32.3 Å². The lowest BCUT2D eigenvalue weighted by Gasteiger charge is -2.32. The van der Waals surface area contributed by atoms with E-state index in [1.165, 1.54) is 66.6 Å².